The predicted molar refractivity (Wildman–Crippen MR) is 79.3 cm³/mol. The van der Waals surface area contributed by atoms with Crippen LogP contribution in [0, 0.1) is 0 Å². The van der Waals surface area contributed by atoms with Crippen LogP contribution in [0.4, 0.5) is 0 Å². The zero-order valence-corrected chi connectivity index (χ0v) is 12.0. The summed E-state index contributed by atoms with van der Waals surface area (Å²) in [6, 6.07) is 14.4. The normalized spacial score (nSPS) is 10.9. The molecule has 0 saturated heterocycles. The topological polar surface area (TPSA) is 85.9 Å². The summed E-state index contributed by atoms with van der Waals surface area (Å²) >= 11 is 0. The second kappa shape index (κ2) is 6.65. The van der Waals surface area contributed by atoms with Crippen LogP contribution in [0.3, 0.4) is 0 Å². The standard InChI is InChI=1S/C15H16O3S.H2O/c1-2-5-12-6-3-4-7-15(12)13-8-10-14(11-9-13)19(16,17)18;/h3-4,6-11H,2,5H2,1H3,(H,16,17,18);1H2. The second-order valence-corrected chi connectivity index (χ2v) is 5.83. The SMILES string of the molecule is CCCc1ccccc1-c1ccc(S(=O)(=O)O)cc1.O. The summed E-state index contributed by atoms with van der Waals surface area (Å²) in [5.41, 5.74) is 3.30. The first kappa shape index (κ1) is 16.4. The first-order valence-corrected chi connectivity index (χ1v) is 7.62. The molecule has 5 heteroatoms. The molecule has 0 radical (unpaired) electrons. The lowest BCUT2D eigenvalue weighted by Crippen LogP contribution is -1.97. The summed E-state index contributed by atoms with van der Waals surface area (Å²) < 4.78 is 31.0. The Hall–Kier alpha value is -1.69. The minimum absolute atomic E-state index is 0. The first-order valence-electron chi connectivity index (χ1n) is 6.18. The molecular formula is C15H18O4S. The highest BCUT2D eigenvalue weighted by molar-refractivity contribution is 7.85. The third-order valence-electron chi connectivity index (χ3n) is 3.00. The molecule has 20 heavy (non-hydrogen) atoms. The van der Waals surface area contributed by atoms with Crippen molar-refractivity contribution in [3.8, 4) is 11.1 Å². The molecule has 108 valence electrons. The van der Waals surface area contributed by atoms with Gasteiger partial charge in [0.2, 0.25) is 0 Å². The Labute approximate surface area is 119 Å². The smallest absolute Gasteiger partial charge is 0.294 e. The molecule has 0 spiro atoms. The molecular weight excluding hydrogens is 276 g/mol. The van der Waals surface area contributed by atoms with Gasteiger partial charge in [-0.25, -0.2) is 0 Å². The molecule has 0 atom stereocenters. The van der Waals surface area contributed by atoms with Gasteiger partial charge in [-0.15, -0.1) is 0 Å². The molecule has 0 aromatic heterocycles. The summed E-state index contributed by atoms with van der Waals surface area (Å²) in [5.74, 6) is 0. The lowest BCUT2D eigenvalue weighted by Gasteiger charge is -2.09. The lowest BCUT2D eigenvalue weighted by atomic mass is 9.97. The van der Waals surface area contributed by atoms with Crippen molar-refractivity contribution in [1.82, 2.24) is 0 Å². The molecule has 3 N–H and O–H groups in total. The Kier molecular flexibility index (Phi) is 5.44. The fourth-order valence-corrected chi connectivity index (χ4v) is 2.58. The maximum absolute atomic E-state index is 11.0. The fraction of sp³-hybridized carbons (Fsp3) is 0.200. The molecule has 2 aromatic rings. The van der Waals surface area contributed by atoms with E-state index in [-0.39, 0.29) is 10.4 Å². The number of hydrogen-bond donors (Lipinski definition) is 1. The fourth-order valence-electron chi connectivity index (χ4n) is 2.10. The van der Waals surface area contributed by atoms with Gasteiger partial charge in [-0.3, -0.25) is 4.55 Å². The van der Waals surface area contributed by atoms with E-state index in [1.165, 1.54) is 17.7 Å². The molecule has 0 bridgehead atoms. The molecule has 0 unspecified atom stereocenters. The summed E-state index contributed by atoms with van der Waals surface area (Å²) in [4.78, 5) is -0.0794. The average molecular weight is 294 g/mol. The van der Waals surface area contributed by atoms with Gasteiger partial charge in [0.15, 0.2) is 0 Å². The van der Waals surface area contributed by atoms with Gasteiger partial charge in [-0.1, -0.05) is 49.7 Å². The molecule has 4 nitrogen and oxygen atoms in total. The first-order chi connectivity index (χ1) is 9.02. The van der Waals surface area contributed by atoms with Gasteiger partial charge in [-0.05, 0) is 35.2 Å². The van der Waals surface area contributed by atoms with E-state index in [0.29, 0.717) is 0 Å². The van der Waals surface area contributed by atoms with Crippen LogP contribution in [-0.4, -0.2) is 18.4 Å². The molecule has 0 heterocycles. The van der Waals surface area contributed by atoms with Gasteiger partial charge in [-0.2, -0.15) is 8.42 Å². The summed E-state index contributed by atoms with van der Waals surface area (Å²) in [6.07, 6.45) is 2.04. The zero-order valence-electron chi connectivity index (χ0n) is 11.2. The molecule has 0 aliphatic rings. The van der Waals surface area contributed by atoms with Crippen molar-refractivity contribution in [2.75, 3.05) is 0 Å². The van der Waals surface area contributed by atoms with Crippen LogP contribution in [0.1, 0.15) is 18.9 Å². The van der Waals surface area contributed by atoms with E-state index in [2.05, 4.69) is 13.0 Å². The van der Waals surface area contributed by atoms with Crippen molar-refractivity contribution in [2.24, 2.45) is 0 Å². The van der Waals surface area contributed by atoms with Gasteiger partial charge in [0, 0.05) is 0 Å². The van der Waals surface area contributed by atoms with Gasteiger partial charge in [0.25, 0.3) is 10.1 Å². The Morgan fingerprint density at radius 3 is 2.15 bits per heavy atom. The van der Waals surface area contributed by atoms with Crippen LogP contribution in [-0.2, 0) is 16.5 Å². The predicted octanol–water partition coefficient (Wildman–Crippen LogP) is 2.73. The Balaban J connectivity index is 0.00000200. The van der Waals surface area contributed by atoms with Gasteiger partial charge < -0.3 is 5.48 Å². The second-order valence-electron chi connectivity index (χ2n) is 4.41. The largest absolute Gasteiger partial charge is 0.412 e. The summed E-state index contributed by atoms with van der Waals surface area (Å²) in [6.45, 7) is 2.12. The highest BCUT2D eigenvalue weighted by Crippen LogP contribution is 2.25. The van der Waals surface area contributed by atoms with Crippen molar-refractivity contribution in [3.05, 3.63) is 54.1 Å². The third-order valence-corrected chi connectivity index (χ3v) is 3.87. The van der Waals surface area contributed by atoms with E-state index in [0.717, 1.165) is 24.0 Å². The molecule has 0 aliphatic heterocycles. The number of rotatable bonds is 4. The minimum atomic E-state index is -4.12. The minimum Gasteiger partial charge on any atom is -0.412 e. The van der Waals surface area contributed by atoms with Crippen LogP contribution in [0.25, 0.3) is 11.1 Å². The van der Waals surface area contributed by atoms with E-state index < -0.39 is 10.1 Å². The Bertz CT molecular complexity index is 661. The van der Waals surface area contributed by atoms with Gasteiger partial charge >= 0.3 is 0 Å². The molecule has 0 amide bonds. The quantitative estimate of drug-likeness (QED) is 0.880. The lowest BCUT2D eigenvalue weighted by molar-refractivity contribution is 0.483. The molecule has 0 fully saturated rings. The summed E-state index contributed by atoms with van der Waals surface area (Å²) in [7, 11) is -4.12. The van der Waals surface area contributed by atoms with Crippen LogP contribution in [0.5, 0.6) is 0 Å². The Morgan fingerprint density at radius 1 is 1.00 bits per heavy atom. The van der Waals surface area contributed by atoms with Crippen molar-refractivity contribution in [1.29, 1.82) is 0 Å². The third kappa shape index (κ3) is 3.66. The number of hydrogen-bond acceptors (Lipinski definition) is 2. The highest BCUT2D eigenvalue weighted by atomic mass is 32.2. The van der Waals surface area contributed by atoms with Crippen LogP contribution in [0.15, 0.2) is 53.4 Å². The van der Waals surface area contributed by atoms with Crippen molar-refractivity contribution in [2.45, 2.75) is 24.7 Å². The van der Waals surface area contributed by atoms with Crippen LogP contribution >= 0.6 is 0 Å². The van der Waals surface area contributed by atoms with Gasteiger partial charge in [0.1, 0.15) is 0 Å². The monoisotopic (exact) mass is 294 g/mol. The van der Waals surface area contributed by atoms with Crippen LogP contribution in [0.2, 0.25) is 0 Å². The number of benzene rings is 2. The van der Waals surface area contributed by atoms with E-state index in [1.807, 2.05) is 18.2 Å². The highest BCUT2D eigenvalue weighted by Gasteiger charge is 2.10. The molecule has 0 aliphatic carbocycles. The maximum atomic E-state index is 11.0. The maximum Gasteiger partial charge on any atom is 0.294 e. The molecule has 2 rings (SSSR count). The zero-order chi connectivity index (χ0) is 13.9. The van der Waals surface area contributed by atoms with E-state index in [9.17, 15) is 8.42 Å². The van der Waals surface area contributed by atoms with Crippen molar-refractivity contribution >= 4 is 10.1 Å². The Morgan fingerprint density at radius 2 is 1.60 bits per heavy atom. The number of aryl methyl sites for hydroxylation is 1. The van der Waals surface area contributed by atoms with E-state index in [1.54, 1.807) is 12.1 Å². The molecule has 0 saturated carbocycles. The summed E-state index contributed by atoms with van der Waals surface area (Å²) in [5, 5.41) is 0. The van der Waals surface area contributed by atoms with Gasteiger partial charge in [0.05, 0.1) is 4.90 Å². The average Bonchev–Trinajstić information content (AvgIpc) is 2.39. The van der Waals surface area contributed by atoms with E-state index >= 15 is 0 Å². The van der Waals surface area contributed by atoms with Crippen LogP contribution < -0.4 is 0 Å². The molecule has 2 aromatic carbocycles. The van der Waals surface area contributed by atoms with E-state index in [4.69, 9.17) is 4.55 Å². The van der Waals surface area contributed by atoms with Crippen molar-refractivity contribution < 1.29 is 18.4 Å². The van der Waals surface area contributed by atoms with Crippen molar-refractivity contribution in [3.63, 3.8) is 0 Å².